The molecule has 0 atom stereocenters. The van der Waals surface area contributed by atoms with Gasteiger partial charge in [0.15, 0.2) is 17.0 Å². The van der Waals surface area contributed by atoms with Gasteiger partial charge in [0.1, 0.15) is 5.69 Å². The number of carbonyl (C=O) groups is 1. The van der Waals surface area contributed by atoms with Crippen molar-refractivity contribution in [3.63, 3.8) is 0 Å². The number of primary amides is 1. The van der Waals surface area contributed by atoms with Crippen molar-refractivity contribution in [3.8, 4) is 0 Å². The number of amides is 1. The number of nitrogens with two attached hydrogens (primary N) is 3. The van der Waals surface area contributed by atoms with E-state index in [2.05, 4.69) is 19.9 Å². The minimum atomic E-state index is -0.694. The van der Waals surface area contributed by atoms with E-state index in [0.717, 1.165) is 0 Å². The molecule has 2 heterocycles. The highest BCUT2D eigenvalue weighted by molar-refractivity contribution is 5.93. The molecule has 76 valence electrons. The summed E-state index contributed by atoms with van der Waals surface area (Å²) in [5.41, 5.74) is 16.4. The molecule has 8 nitrogen and oxygen atoms in total. The van der Waals surface area contributed by atoms with Crippen molar-refractivity contribution in [2.75, 3.05) is 11.5 Å². The number of nitrogens with zero attached hydrogens (tertiary/aromatic N) is 4. The smallest absolute Gasteiger partial charge is 0.268 e. The summed E-state index contributed by atoms with van der Waals surface area (Å²) in [6, 6.07) is 0. The Hall–Kier alpha value is -2.51. The first-order valence-electron chi connectivity index (χ1n) is 3.93. The van der Waals surface area contributed by atoms with Gasteiger partial charge in [0.05, 0.1) is 6.20 Å². The summed E-state index contributed by atoms with van der Waals surface area (Å²) in [7, 11) is 0. The molecule has 0 radical (unpaired) electrons. The number of hydrogen-bond donors (Lipinski definition) is 3. The molecule has 15 heavy (non-hydrogen) atoms. The zero-order valence-corrected chi connectivity index (χ0v) is 7.51. The lowest BCUT2D eigenvalue weighted by molar-refractivity contribution is 0.0995. The number of rotatable bonds is 1. The fraction of sp³-hybridized carbons (Fsp3) is 0. The molecule has 0 aliphatic heterocycles. The Bertz CT molecular complexity index is 552. The van der Waals surface area contributed by atoms with E-state index in [0.29, 0.717) is 0 Å². The molecule has 2 aromatic heterocycles. The van der Waals surface area contributed by atoms with Gasteiger partial charge in [-0.1, -0.05) is 0 Å². The third-order valence-electron chi connectivity index (χ3n) is 1.70. The summed E-state index contributed by atoms with van der Waals surface area (Å²) in [5.74, 6) is -0.630. The van der Waals surface area contributed by atoms with Crippen LogP contribution >= 0.6 is 0 Å². The fourth-order valence-electron chi connectivity index (χ4n) is 1.06. The number of aromatic nitrogens is 4. The van der Waals surface area contributed by atoms with Crippen LogP contribution < -0.4 is 17.2 Å². The highest BCUT2D eigenvalue weighted by Gasteiger charge is 2.09. The average molecular weight is 205 g/mol. The lowest BCUT2D eigenvalue weighted by atomic mass is 10.4. The summed E-state index contributed by atoms with van der Waals surface area (Å²) < 4.78 is 0. The van der Waals surface area contributed by atoms with Crippen LogP contribution in [0.5, 0.6) is 0 Å². The predicted molar refractivity (Wildman–Crippen MR) is 52.5 cm³/mol. The van der Waals surface area contributed by atoms with Gasteiger partial charge in [-0.25, -0.2) is 9.97 Å². The molecule has 0 bridgehead atoms. The maximum atomic E-state index is 10.8. The van der Waals surface area contributed by atoms with E-state index < -0.39 is 5.91 Å². The number of fused-ring (bicyclic) bond motifs is 1. The van der Waals surface area contributed by atoms with E-state index in [-0.39, 0.29) is 28.6 Å². The summed E-state index contributed by atoms with van der Waals surface area (Å²) in [4.78, 5) is 26.0. The first kappa shape index (κ1) is 9.06. The van der Waals surface area contributed by atoms with E-state index in [9.17, 15) is 4.79 Å². The number of nitrogen functional groups attached to an aromatic ring is 2. The van der Waals surface area contributed by atoms with Crippen LogP contribution in [-0.4, -0.2) is 25.8 Å². The molecular formula is C7H7N7O. The molecule has 2 aromatic rings. The number of anilines is 2. The van der Waals surface area contributed by atoms with Crippen molar-refractivity contribution in [1.82, 2.24) is 19.9 Å². The first-order valence-corrected chi connectivity index (χ1v) is 3.93. The minimum Gasteiger partial charge on any atom is -0.382 e. The Kier molecular flexibility index (Phi) is 1.82. The SMILES string of the molecule is NC(=O)c1cnc2nc(N)nc(N)c2n1. The van der Waals surface area contributed by atoms with Gasteiger partial charge in [-0.2, -0.15) is 9.97 Å². The Balaban J connectivity index is 2.76. The van der Waals surface area contributed by atoms with Crippen LogP contribution in [0.2, 0.25) is 0 Å². The summed E-state index contributed by atoms with van der Waals surface area (Å²) in [5, 5.41) is 0. The lowest BCUT2D eigenvalue weighted by Gasteiger charge is -2.01. The van der Waals surface area contributed by atoms with Crippen LogP contribution in [-0.2, 0) is 0 Å². The van der Waals surface area contributed by atoms with Crippen molar-refractivity contribution < 1.29 is 4.79 Å². The molecule has 0 saturated heterocycles. The topological polar surface area (TPSA) is 147 Å². The molecular weight excluding hydrogens is 198 g/mol. The predicted octanol–water partition coefficient (Wildman–Crippen LogP) is -1.32. The van der Waals surface area contributed by atoms with Crippen LogP contribution in [0.4, 0.5) is 11.8 Å². The molecule has 0 aliphatic rings. The van der Waals surface area contributed by atoms with Crippen LogP contribution in [0, 0.1) is 0 Å². The average Bonchev–Trinajstić information content (AvgIpc) is 2.16. The van der Waals surface area contributed by atoms with Gasteiger partial charge in [-0.05, 0) is 0 Å². The highest BCUT2D eigenvalue weighted by atomic mass is 16.1. The van der Waals surface area contributed by atoms with Gasteiger partial charge >= 0.3 is 0 Å². The Morgan fingerprint density at radius 1 is 1.20 bits per heavy atom. The van der Waals surface area contributed by atoms with Crippen molar-refractivity contribution in [2.24, 2.45) is 5.73 Å². The van der Waals surface area contributed by atoms with E-state index in [4.69, 9.17) is 17.2 Å². The van der Waals surface area contributed by atoms with Crippen molar-refractivity contribution >= 4 is 28.8 Å². The Morgan fingerprint density at radius 2 is 1.93 bits per heavy atom. The molecule has 0 aliphatic carbocycles. The third-order valence-corrected chi connectivity index (χ3v) is 1.70. The van der Waals surface area contributed by atoms with E-state index in [1.165, 1.54) is 6.20 Å². The van der Waals surface area contributed by atoms with Crippen LogP contribution in [0.15, 0.2) is 6.20 Å². The second-order valence-corrected chi connectivity index (χ2v) is 2.76. The highest BCUT2D eigenvalue weighted by Crippen LogP contribution is 2.13. The molecule has 1 amide bonds. The quantitative estimate of drug-likeness (QED) is 0.523. The van der Waals surface area contributed by atoms with Gasteiger partial charge in [0.25, 0.3) is 5.91 Å². The fourth-order valence-corrected chi connectivity index (χ4v) is 1.06. The molecule has 0 unspecified atom stereocenters. The molecule has 6 N–H and O–H groups in total. The summed E-state index contributed by atoms with van der Waals surface area (Å²) in [6.07, 6.45) is 1.20. The van der Waals surface area contributed by atoms with Gasteiger partial charge in [0, 0.05) is 0 Å². The Labute approximate surface area is 83.5 Å². The van der Waals surface area contributed by atoms with E-state index >= 15 is 0 Å². The van der Waals surface area contributed by atoms with Crippen molar-refractivity contribution in [3.05, 3.63) is 11.9 Å². The van der Waals surface area contributed by atoms with Gasteiger partial charge < -0.3 is 17.2 Å². The van der Waals surface area contributed by atoms with Crippen LogP contribution in [0.3, 0.4) is 0 Å². The summed E-state index contributed by atoms with van der Waals surface area (Å²) in [6.45, 7) is 0. The molecule has 2 rings (SSSR count). The van der Waals surface area contributed by atoms with E-state index in [1.54, 1.807) is 0 Å². The zero-order valence-electron chi connectivity index (χ0n) is 7.51. The largest absolute Gasteiger partial charge is 0.382 e. The normalized spacial score (nSPS) is 10.4. The van der Waals surface area contributed by atoms with Gasteiger partial charge in [0.2, 0.25) is 5.95 Å². The number of carbonyl (C=O) groups excluding carboxylic acids is 1. The molecule has 0 saturated carbocycles. The second kappa shape index (κ2) is 3.01. The maximum absolute atomic E-state index is 10.8. The standard InChI is InChI=1S/C7H7N7O/c8-4-3-6(14-7(10)13-4)11-1-2(12-3)5(9)15/h1H,(H2,9,15)(H4,8,10,11,13,14). The van der Waals surface area contributed by atoms with Gasteiger partial charge in [-0.3, -0.25) is 4.79 Å². The molecule has 0 fully saturated rings. The second-order valence-electron chi connectivity index (χ2n) is 2.76. The number of hydrogen-bond acceptors (Lipinski definition) is 7. The van der Waals surface area contributed by atoms with Gasteiger partial charge in [-0.15, -0.1) is 0 Å². The third kappa shape index (κ3) is 1.47. The Morgan fingerprint density at radius 3 is 2.60 bits per heavy atom. The van der Waals surface area contributed by atoms with Crippen LogP contribution in [0.1, 0.15) is 10.5 Å². The van der Waals surface area contributed by atoms with Crippen molar-refractivity contribution in [2.45, 2.75) is 0 Å². The zero-order chi connectivity index (χ0) is 11.0. The monoisotopic (exact) mass is 205 g/mol. The molecule has 0 aromatic carbocycles. The molecule has 8 heteroatoms. The van der Waals surface area contributed by atoms with Crippen molar-refractivity contribution in [1.29, 1.82) is 0 Å². The first-order chi connectivity index (χ1) is 7.08. The maximum Gasteiger partial charge on any atom is 0.268 e. The molecule has 0 spiro atoms. The summed E-state index contributed by atoms with van der Waals surface area (Å²) >= 11 is 0. The van der Waals surface area contributed by atoms with Crippen LogP contribution in [0.25, 0.3) is 11.2 Å². The lowest BCUT2D eigenvalue weighted by Crippen LogP contribution is -2.14. The minimum absolute atomic E-state index is 0.00104. The van der Waals surface area contributed by atoms with E-state index in [1.807, 2.05) is 0 Å².